The zero-order valence-corrected chi connectivity index (χ0v) is 9.34. The van der Waals surface area contributed by atoms with Crippen LogP contribution < -0.4 is 11.1 Å². The maximum atomic E-state index is 10.7. The predicted octanol–water partition coefficient (Wildman–Crippen LogP) is 1.92. The number of nitrogens with zero attached hydrogens (tertiary/aromatic N) is 2. The highest BCUT2D eigenvalue weighted by molar-refractivity contribution is 5.77. The summed E-state index contributed by atoms with van der Waals surface area (Å²) in [5, 5.41) is 3.13. The third-order valence-corrected chi connectivity index (χ3v) is 2.30. The summed E-state index contributed by atoms with van der Waals surface area (Å²) in [5.41, 5.74) is 8.42. The van der Waals surface area contributed by atoms with Gasteiger partial charge in [-0.1, -0.05) is 12.1 Å². The van der Waals surface area contributed by atoms with Gasteiger partial charge in [-0.25, -0.2) is 9.97 Å². The minimum absolute atomic E-state index is 0.245. The van der Waals surface area contributed by atoms with Crippen molar-refractivity contribution < 1.29 is 4.79 Å². The van der Waals surface area contributed by atoms with Gasteiger partial charge >= 0.3 is 0 Å². The average Bonchev–Trinajstić information content (AvgIpc) is 2.33. The summed E-state index contributed by atoms with van der Waals surface area (Å²) >= 11 is 0. The molecule has 5 nitrogen and oxygen atoms in total. The highest BCUT2D eigenvalue weighted by Crippen LogP contribution is 2.19. The Kier molecular flexibility index (Phi) is 3.00. The van der Waals surface area contributed by atoms with Crippen LogP contribution in [0.2, 0.25) is 0 Å². The first-order valence-electron chi connectivity index (χ1n) is 5.10. The number of nitrogen functional groups attached to an aromatic ring is 1. The molecule has 3 N–H and O–H groups in total. The number of aldehydes is 1. The van der Waals surface area contributed by atoms with E-state index in [4.69, 9.17) is 5.73 Å². The number of carbonyl (C=O) groups excluding carboxylic acids is 1. The number of aryl methyl sites for hydroxylation is 1. The average molecular weight is 228 g/mol. The molecule has 1 aromatic heterocycles. The molecule has 0 aliphatic rings. The lowest BCUT2D eigenvalue weighted by atomic mass is 10.2. The third-order valence-electron chi connectivity index (χ3n) is 2.30. The third kappa shape index (κ3) is 2.57. The Morgan fingerprint density at radius 2 is 2.24 bits per heavy atom. The molecule has 1 aromatic carbocycles. The van der Waals surface area contributed by atoms with Crippen LogP contribution in [0.15, 0.2) is 30.5 Å². The van der Waals surface area contributed by atoms with E-state index in [9.17, 15) is 4.79 Å². The molecule has 1 heterocycles. The van der Waals surface area contributed by atoms with E-state index in [2.05, 4.69) is 15.3 Å². The number of anilines is 3. The summed E-state index contributed by atoms with van der Waals surface area (Å²) in [5.74, 6) is 0.245. The van der Waals surface area contributed by atoms with E-state index in [0.717, 1.165) is 23.4 Å². The predicted molar refractivity (Wildman–Crippen MR) is 66.3 cm³/mol. The van der Waals surface area contributed by atoms with E-state index in [1.807, 2.05) is 13.0 Å². The molecule has 0 unspecified atom stereocenters. The first-order chi connectivity index (χ1) is 8.19. The molecule has 0 saturated carbocycles. The fourth-order valence-electron chi connectivity index (χ4n) is 1.45. The molecule has 0 bridgehead atoms. The standard InChI is InChI=1S/C12H12N4O/c1-8-11(6-14-12(13)15-8)16-10-4-2-3-9(5-10)7-17/h2-7,16H,1H3,(H2,13,14,15). The van der Waals surface area contributed by atoms with Crippen LogP contribution >= 0.6 is 0 Å². The van der Waals surface area contributed by atoms with E-state index in [1.165, 1.54) is 0 Å². The quantitative estimate of drug-likeness (QED) is 0.784. The second-order valence-corrected chi connectivity index (χ2v) is 3.60. The Hall–Kier alpha value is -2.43. The number of nitrogens with two attached hydrogens (primary N) is 1. The van der Waals surface area contributed by atoms with Crippen molar-refractivity contribution in [1.29, 1.82) is 0 Å². The largest absolute Gasteiger partial charge is 0.368 e. The summed E-state index contributed by atoms with van der Waals surface area (Å²) in [6.45, 7) is 1.84. The summed E-state index contributed by atoms with van der Waals surface area (Å²) in [4.78, 5) is 18.6. The molecule has 0 aliphatic heterocycles. The fourth-order valence-corrected chi connectivity index (χ4v) is 1.45. The summed E-state index contributed by atoms with van der Waals surface area (Å²) < 4.78 is 0. The zero-order chi connectivity index (χ0) is 12.3. The Morgan fingerprint density at radius 1 is 1.41 bits per heavy atom. The number of rotatable bonds is 3. The van der Waals surface area contributed by atoms with Crippen molar-refractivity contribution in [3.8, 4) is 0 Å². The van der Waals surface area contributed by atoms with Gasteiger partial charge in [-0.3, -0.25) is 4.79 Å². The van der Waals surface area contributed by atoms with Crippen LogP contribution in [0, 0.1) is 6.92 Å². The molecule has 5 heteroatoms. The Labute approximate surface area is 98.7 Å². The van der Waals surface area contributed by atoms with Crippen molar-refractivity contribution in [2.24, 2.45) is 0 Å². The lowest BCUT2D eigenvalue weighted by molar-refractivity contribution is 0.112. The number of nitrogens with one attached hydrogen (secondary N) is 1. The van der Waals surface area contributed by atoms with Crippen LogP contribution in [0.25, 0.3) is 0 Å². The summed E-state index contributed by atoms with van der Waals surface area (Å²) in [6.07, 6.45) is 2.42. The molecular formula is C12H12N4O. The normalized spacial score (nSPS) is 9.94. The molecule has 0 radical (unpaired) electrons. The topological polar surface area (TPSA) is 80.9 Å². The van der Waals surface area contributed by atoms with E-state index in [1.54, 1.807) is 24.4 Å². The van der Waals surface area contributed by atoms with Crippen LogP contribution in [0.4, 0.5) is 17.3 Å². The van der Waals surface area contributed by atoms with Gasteiger partial charge in [0.1, 0.15) is 6.29 Å². The number of hydrogen-bond donors (Lipinski definition) is 2. The zero-order valence-electron chi connectivity index (χ0n) is 9.34. The molecule has 0 atom stereocenters. The van der Waals surface area contributed by atoms with Crippen molar-refractivity contribution in [2.45, 2.75) is 6.92 Å². The minimum atomic E-state index is 0.245. The highest BCUT2D eigenvalue weighted by atomic mass is 16.1. The molecule has 17 heavy (non-hydrogen) atoms. The lowest BCUT2D eigenvalue weighted by Gasteiger charge is -2.08. The van der Waals surface area contributed by atoms with Gasteiger partial charge in [0, 0.05) is 11.3 Å². The van der Waals surface area contributed by atoms with Crippen LogP contribution in [0.5, 0.6) is 0 Å². The van der Waals surface area contributed by atoms with E-state index in [-0.39, 0.29) is 5.95 Å². The number of hydrogen-bond acceptors (Lipinski definition) is 5. The highest BCUT2D eigenvalue weighted by Gasteiger charge is 2.02. The minimum Gasteiger partial charge on any atom is -0.368 e. The van der Waals surface area contributed by atoms with E-state index < -0.39 is 0 Å². The number of carbonyl (C=O) groups is 1. The van der Waals surface area contributed by atoms with Crippen LogP contribution in [-0.4, -0.2) is 16.3 Å². The Bertz CT molecular complexity index is 554. The van der Waals surface area contributed by atoms with Gasteiger partial charge in [0.2, 0.25) is 5.95 Å². The SMILES string of the molecule is Cc1nc(N)ncc1Nc1cccc(C=O)c1. The molecule has 2 aromatic rings. The first kappa shape index (κ1) is 11.1. The van der Waals surface area contributed by atoms with E-state index in [0.29, 0.717) is 5.56 Å². The molecule has 0 aliphatic carbocycles. The Balaban J connectivity index is 2.27. The van der Waals surface area contributed by atoms with Crippen molar-refractivity contribution in [3.63, 3.8) is 0 Å². The van der Waals surface area contributed by atoms with Gasteiger partial charge in [-0.2, -0.15) is 0 Å². The monoisotopic (exact) mass is 228 g/mol. The molecule has 0 saturated heterocycles. The van der Waals surface area contributed by atoms with Gasteiger partial charge < -0.3 is 11.1 Å². The number of benzene rings is 1. The second-order valence-electron chi connectivity index (χ2n) is 3.60. The number of aromatic nitrogens is 2. The van der Waals surface area contributed by atoms with Crippen molar-refractivity contribution in [3.05, 3.63) is 41.7 Å². The maximum absolute atomic E-state index is 10.7. The smallest absolute Gasteiger partial charge is 0.220 e. The van der Waals surface area contributed by atoms with Crippen molar-refractivity contribution >= 4 is 23.6 Å². The van der Waals surface area contributed by atoms with Crippen LogP contribution in [0.1, 0.15) is 16.1 Å². The van der Waals surface area contributed by atoms with Crippen molar-refractivity contribution in [1.82, 2.24) is 9.97 Å². The summed E-state index contributed by atoms with van der Waals surface area (Å²) in [6, 6.07) is 7.16. The van der Waals surface area contributed by atoms with Gasteiger partial charge in [-0.05, 0) is 19.1 Å². The lowest BCUT2D eigenvalue weighted by Crippen LogP contribution is -2.01. The molecular weight excluding hydrogens is 216 g/mol. The van der Waals surface area contributed by atoms with Crippen LogP contribution in [-0.2, 0) is 0 Å². The maximum Gasteiger partial charge on any atom is 0.220 e. The second kappa shape index (κ2) is 4.61. The van der Waals surface area contributed by atoms with Gasteiger partial charge in [-0.15, -0.1) is 0 Å². The van der Waals surface area contributed by atoms with Crippen LogP contribution in [0.3, 0.4) is 0 Å². The van der Waals surface area contributed by atoms with Gasteiger partial charge in [0.05, 0.1) is 17.6 Å². The molecule has 0 fully saturated rings. The molecule has 0 spiro atoms. The fraction of sp³-hybridized carbons (Fsp3) is 0.0833. The van der Waals surface area contributed by atoms with Gasteiger partial charge in [0.15, 0.2) is 0 Å². The summed E-state index contributed by atoms with van der Waals surface area (Å²) in [7, 11) is 0. The van der Waals surface area contributed by atoms with E-state index >= 15 is 0 Å². The van der Waals surface area contributed by atoms with Gasteiger partial charge in [0.25, 0.3) is 0 Å². The first-order valence-corrected chi connectivity index (χ1v) is 5.10. The van der Waals surface area contributed by atoms with Crippen molar-refractivity contribution in [2.75, 3.05) is 11.1 Å². The Morgan fingerprint density at radius 3 is 2.94 bits per heavy atom. The molecule has 86 valence electrons. The molecule has 0 amide bonds. The molecule has 2 rings (SSSR count).